The summed E-state index contributed by atoms with van der Waals surface area (Å²) in [5, 5.41) is 0. The predicted octanol–water partition coefficient (Wildman–Crippen LogP) is 2.25. The van der Waals surface area contributed by atoms with Crippen molar-refractivity contribution >= 4 is 5.69 Å². The van der Waals surface area contributed by atoms with E-state index in [4.69, 9.17) is 10.5 Å². The zero-order chi connectivity index (χ0) is 13.2. The molecule has 2 N–H and O–H groups in total. The Labute approximate surface area is 115 Å². The van der Waals surface area contributed by atoms with Crippen LogP contribution in [0.25, 0.3) is 0 Å². The van der Waals surface area contributed by atoms with Crippen LogP contribution in [0.4, 0.5) is 5.69 Å². The Balaban J connectivity index is 1.70. The van der Waals surface area contributed by atoms with E-state index in [0.717, 1.165) is 25.9 Å². The second-order valence-electron chi connectivity index (χ2n) is 5.87. The van der Waals surface area contributed by atoms with Gasteiger partial charge >= 0.3 is 0 Å². The quantitative estimate of drug-likeness (QED) is 0.906. The number of nitrogens with two attached hydrogens (primary N) is 1. The molecular formula is C16H24N2O. The smallest absolute Gasteiger partial charge is 0.0755 e. The Morgan fingerprint density at radius 3 is 2.95 bits per heavy atom. The number of nitrogens with zero attached hydrogens (tertiary/aromatic N) is 1. The molecular weight excluding hydrogens is 236 g/mol. The zero-order valence-corrected chi connectivity index (χ0v) is 11.8. The molecule has 0 amide bonds. The highest BCUT2D eigenvalue weighted by molar-refractivity contribution is 5.56. The molecule has 0 spiro atoms. The first-order valence-electron chi connectivity index (χ1n) is 7.46. The third-order valence-corrected chi connectivity index (χ3v) is 4.33. The van der Waals surface area contributed by atoms with Gasteiger partial charge < -0.3 is 15.4 Å². The fourth-order valence-electron chi connectivity index (χ4n) is 3.33. The highest BCUT2D eigenvalue weighted by atomic mass is 16.5. The van der Waals surface area contributed by atoms with Gasteiger partial charge in [0.2, 0.25) is 0 Å². The minimum absolute atomic E-state index is 0.285. The van der Waals surface area contributed by atoms with E-state index in [2.05, 4.69) is 30.0 Å². The van der Waals surface area contributed by atoms with Crippen LogP contribution in [0.1, 0.15) is 30.4 Å². The molecule has 2 aliphatic rings. The van der Waals surface area contributed by atoms with E-state index >= 15 is 0 Å². The molecule has 0 saturated carbocycles. The maximum absolute atomic E-state index is 5.99. The molecule has 0 radical (unpaired) electrons. The normalized spacial score (nSPS) is 26.5. The van der Waals surface area contributed by atoms with Gasteiger partial charge in [0.15, 0.2) is 0 Å². The molecule has 19 heavy (non-hydrogen) atoms. The molecule has 3 rings (SSSR count). The van der Waals surface area contributed by atoms with Crippen LogP contribution >= 0.6 is 0 Å². The third-order valence-electron chi connectivity index (χ3n) is 4.33. The highest BCUT2D eigenvalue weighted by Gasteiger charge is 2.27. The van der Waals surface area contributed by atoms with Gasteiger partial charge in [-0.15, -0.1) is 0 Å². The van der Waals surface area contributed by atoms with Crippen molar-refractivity contribution in [1.29, 1.82) is 0 Å². The van der Waals surface area contributed by atoms with E-state index in [9.17, 15) is 0 Å². The number of fused-ring (bicyclic) bond motifs is 1. The molecule has 3 nitrogen and oxygen atoms in total. The summed E-state index contributed by atoms with van der Waals surface area (Å²) in [7, 11) is 0. The Hall–Kier alpha value is -1.06. The molecule has 0 aliphatic carbocycles. The molecule has 1 aromatic carbocycles. The second-order valence-corrected chi connectivity index (χ2v) is 5.87. The second kappa shape index (κ2) is 5.51. The van der Waals surface area contributed by atoms with Crippen molar-refractivity contribution in [3.63, 3.8) is 0 Å². The summed E-state index contributed by atoms with van der Waals surface area (Å²) in [4.78, 5) is 2.50. The third kappa shape index (κ3) is 2.77. The average molecular weight is 260 g/mol. The van der Waals surface area contributed by atoms with Gasteiger partial charge in [-0.3, -0.25) is 0 Å². The van der Waals surface area contributed by atoms with Crippen LogP contribution in [0.3, 0.4) is 0 Å². The standard InChI is InChI=1S/C16H24N2O/c1-12-4-7-16-13(9-12)3-2-8-18(16)11-15-6-5-14(10-17)19-15/h4,7,9,14-15H,2-3,5-6,8,10-11,17H2,1H3. The van der Waals surface area contributed by atoms with Crippen LogP contribution in [0.15, 0.2) is 18.2 Å². The number of ether oxygens (including phenoxy) is 1. The minimum atomic E-state index is 0.285. The molecule has 1 saturated heterocycles. The van der Waals surface area contributed by atoms with Crippen molar-refractivity contribution < 1.29 is 4.74 Å². The predicted molar refractivity (Wildman–Crippen MR) is 78.7 cm³/mol. The lowest BCUT2D eigenvalue weighted by Crippen LogP contribution is -2.36. The van der Waals surface area contributed by atoms with Crippen LogP contribution in [0, 0.1) is 6.92 Å². The molecule has 2 heterocycles. The monoisotopic (exact) mass is 260 g/mol. The summed E-state index contributed by atoms with van der Waals surface area (Å²) < 4.78 is 5.99. The SMILES string of the molecule is Cc1ccc2c(c1)CCCN2CC1CCC(CN)O1. The lowest BCUT2D eigenvalue weighted by Gasteiger charge is -2.33. The summed E-state index contributed by atoms with van der Waals surface area (Å²) in [6.07, 6.45) is 5.39. The van der Waals surface area contributed by atoms with Crippen molar-refractivity contribution in [1.82, 2.24) is 0 Å². The van der Waals surface area contributed by atoms with Crippen molar-refractivity contribution in [3.05, 3.63) is 29.3 Å². The molecule has 1 aromatic rings. The van der Waals surface area contributed by atoms with Crippen LogP contribution in [-0.4, -0.2) is 31.8 Å². The van der Waals surface area contributed by atoms with Gasteiger partial charge in [-0.2, -0.15) is 0 Å². The molecule has 1 fully saturated rings. The largest absolute Gasteiger partial charge is 0.372 e. The van der Waals surface area contributed by atoms with Gasteiger partial charge in [-0.25, -0.2) is 0 Å². The summed E-state index contributed by atoms with van der Waals surface area (Å²) in [6.45, 7) is 5.01. The van der Waals surface area contributed by atoms with Gasteiger partial charge in [0.05, 0.1) is 12.2 Å². The van der Waals surface area contributed by atoms with Crippen LogP contribution in [0.2, 0.25) is 0 Å². The van der Waals surface area contributed by atoms with E-state index in [-0.39, 0.29) is 6.10 Å². The Kier molecular flexibility index (Phi) is 3.76. The number of aryl methyl sites for hydroxylation is 2. The summed E-state index contributed by atoms with van der Waals surface area (Å²) in [6, 6.07) is 6.83. The minimum Gasteiger partial charge on any atom is -0.372 e. The summed E-state index contributed by atoms with van der Waals surface area (Å²) in [5.41, 5.74) is 9.96. The highest BCUT2D eigenvalue weighted by Crippen LogP contribution is 2.30. The van der Waals surface area contributed by atoms with Gasteiger partial charge in [-0.1, -0.05) is 17.7 Å². The molecule has 2 unspecified atom stereocenters. The van der Waals surface area contributed by atoms with E-state index in [1.807, 2.05) is 0 Å². The number of hydrogen-bond donors (Lipinski definition) is 1. The van der Waals surface area contributed by atoms with E-state index in [1.54, 1.807) is 0 Å². The van der Waals surface area contributed by atoms with Gasteiger partial charge in [0, 0.05) is 25.3 Å². The number of benzene rings is 1. The Bertz CT molecular complexity index is 446. The Morgan fingerprint density at radius 2 is 2.16 bits per heavy atom. The summed E-state index contributed by atoms with van der Waals surface area (Å²) in [5.74, 6) is 0. The van der Waals surface area contributed by atoms with Crippen molar-refractivity contribution in [2.45, 2.75) is 44.8 Å². The van der Waals surface area contributed by atoms with Gasteiger partial charge in [-0.05, 0) is 44.2 Å². The lowest BCUT2D eigenvalue weighted by atomic mass is 9.99. The van der Waals surface area contributed by atoms with Crippen molar-refractivity contribution in [2.75, 3.05) is 24.5 Å². The number of hydrogen-bond acceptors (Lipinski definition) is 3. The first-order chi connectivity index (χ1) is 9.26. The maximum atomic E-state index is 5.99. The maximum Gasteiger partial charge on any atom is 0.0755 e. The zero-order valence-electron chi connectivity index (χ0n) is 11.8. The van der Waals surface area contributed by atoms with Crippen LogP contribution in [-0.2, 0) is 11.2 Å². The molecule has 104 valence electrons. The lowest BCUT2D eigenvalue weighted by molar-refractivity contribution is 0.0541. The molecule has 2 aliphatic heterocycles. The molecule has 3 heteroatoms. The molecule has 2 atom stereocenters. The Morgan fingerprint density at radius 1 is 1.32 bits per heavy atom. The van der Waals surface area contributed by atoms with Crippen LogP contribution in [0.5, 0.6) is 0 Å². The average Bonchev–Trinajstić information content (AvgIpc) is 2.86. The van der Waals surface area contributed by atoms with E-state index in [0.29, 0.717) is 12.6 Å². The first-order valence-corrected chi connectivity index (χ1v) is 7.46. The van der Waals surface area contributed by atoms with Crippen LogP contribution < -0.4 is 10.6 Å². The van der Waals surface area contributed by atoms with Gasteiger partial charge in [0.25, 0.3) is 0 Å². The number of rotatable bonds is 3. The molecule has 0 bridgehead atoms. The first kappa shape index (κ1) is 12.9. The molecule has 0 aromatic heterocycles. The number of anilines is 1. The van der Waals surface area contributed by atoms with E-state index < -0.39 is 0 Å². The fourth-order valence-corrected chi connectivity index (χ4v) is 3.33. The van der Waals surface area contributed by atoms with Crippen molar-refractivity contribution in [2.24, 2.45) is 5.73 Å². The topological polar surface area (TPSA) is 38.5 Å². The van der Waals surface area contributed by atoms with E-state index in [1.165, 1.54) is 29.7 Å². The fraction of sp³-hybridized carbons (Fsp3) is 0.625. The summed E-state index contributed by atoms with van der Waals surface area (Å²) >= 11 is 0. The van der Waals surface area contributed by atoms with Crippen molar-refractivity contribution in [3.8, 4) is 0 Å². The van der Waals surface area contributed by atoms with Gasteiger partial charge in [0.1, 0.15) is 0 Å².